The molecule has 0 aromatic heterocycles. The van der Waals surface area contributed by atoms with Crippen LogP contribution >= 0.6 is 30.9 Å². The lowest BCUT2D eigenvalue weighted by atomic mass is 10.1. The third-order valence-electron chi connectivity index (χ3n) is 3.09. The molecule has 0 fully saturated rings. The second-order valence-electron chi connectivity index (χ2n) is 4.60. The summed E-state index contributed by atoms with van der Waals surface area (Å²) in [5, 5.41) is 18.7. The van der Waals surface area contributed by atoms with Gasteiger partial charge in [-0.2, -0.15) is 10.5 Å². The first-order chi connectivity index (χ1) is 12.4. The molecule has 11 heteroatoms. The number of fused-ring (bicyclic) bond motifs is 1. The molecule has 0 spiro atoms. The Kier molecular flexibility index (Phi) is 8.86. The van der Waals surface area contributed by atoms with Gasteiger partial charge in [-0.25, -0.2) is 0 Å². The van der Waals surface area contributed by atoms with Crippen LogP contribution in [0.3, 0.4) is 0 Å². The molecular weight excluding hydrogens is 422 g/mol. The van der Waals surface area contributed by atoms with Crippen molar-refractivity contribution >= 4 is 59.1 Å². The molecule has 3 rings (SSSR count). The number of nitrogens with zero attached hydrogens (tertiary/aromatic N) is 2. The first-order valence-corrected chi connectivity index (χ1v) is 9.82. The zero-order valence-electron chi connectivity index (χ0n) is 13.8. The van der Waals surface area contributed by atoms with Gasteiger partial charge in [0.1, 0.15) is 28.5 Å². The van der Waals surface area contributed by atoms with Crippen LogP contribution in [0, 0.1) is 31.7 Å². The molecule has 1 aliphatic heterocycles. The third-order valence-corrected chi connectivity index (χ3v) is 6.02. The fraction of sp³-hybridized carbons (Fsp3) is 0.125. The van der Waals surface area contributed by atoms with Crippen LogP contribution in [0.5, 0.6) is 0 Å². The predicted molar refractivity (Wildman–Crippen MR) is 104 cm³/mol. The van der Waals surface area contributed by atoms with Crippen molar-refractivity contribution in [2.45, 2.75) is 6.92 Å². The number of hydrogen-bond acceptors (Lipinski definition) is 8. The molecule has 1 aliphatic carbocycles. The van der Waals surface area contributed by atoms with Crippen LogP contribution in [0.15, 0.2) is 33.9 Å². The molecule has 0 bridgehead atoms. The first kappa shape index (κ1) is 23.1. The summed E-state index contributed by atoms with van der Waals surface area (Å²) in [6, 6.07) is 10.4. The van der Waals surface area contributed by atoms with Crippen molar-refractivity contribution in [3.63, 3.8) is 0 Å². The van der Waals surface area contributed by atoms with Crippen molar-refractivity contribution < 1.29 is 14.0 Å². The van der Waals surface area contributed by atoms with Gasteiger partial charge in [0.15, 0.2) is 0 Å². The van der Waals surface area contributed by atoms with E-state index in [1.807, 2.05) is 12.1 Å². The second kappa shape index (κ2) is 10.4. The Bertz CT molecular complexity index is 1170. The molecule has 133 valence electrons. The summed E-state index contributed by atoms with van der Waals surface area (Å²) in [6.45, 7) is 1.95. The predicted octanol–water partition coefficient (Wildman–Crippen LogP) is 2.44. The maximum Gasteiger partial charge on any atom is 0.694 e. The van der Waals surface area contributed by atoms with Gasteiger partial charge in [-0.05, 0) is 6.92 Å². The maximum absolute atomic E-state index is 12.4. The standard InChI is InChI=1S/C14H4N2O2S2.C2H5O3P.Al/c15-5-9-10(6-16)20-14-12(18)8-4-2-1-3-7(8)11(17)13(14)19-9;1-2-5-6(3)4;/h1-4H;2H2,1H3;/p+1. The summed E-state index contributed by atoms with van der Waals surface area (Å²) in [6.07, 6.45) is 0. The monoisotopic (exact) mass is 432 g/mol. The topological polar surface area (TPSA) is 128 Å². The minimum atomic E-state index is -2.35. The Morgan fingerprint density at radius 2 is 1.44 bits per heavy atom. The van der Waals surface area contributed by atoms with Crippen molar-refractivity contribution in [2.75, 3.05) is 6.61 Å². The molecule has 0 saturated carbocycles. The molecule has 1 unspecified atom stereocenters. The average molecular weight is 432 g/mol. The lowest BCUT2D eigenvalue weighted by molar-refractivity contribution is 0.297. The summed E-state index contributed by atoms with van der Waals surface area (Å²) in [5.74, 6) is 0. The molecule has 7 nitrogen and oxygen atoms in total. The molecule has 1 N–H and O–H groups in total. The second-order valence-corrected chi connectivity index (χ2v) is 7.38. The van der Waals surface area contributed by atoms with Gasteiger partial charge >= 0.3 is 8.25 Å². The van der Waals surface area contributed by atoms with Crippen LogP contribution in [0.25, 0.3) is 10.8 Å². The quantitative estimate of drug-likeness (QED) is 0.486. The van der Waals surface area contributed by atoms with Crippen LogP contribution in [-0.2, 0) is 9.09 Å². The van der Waals surface area contributed by atoms with Crippen LogP contribution < -0.4 is 10.9 Å². The Balaban J connectivity index is 0.000000456. The minimum Gasteiger partial charge on any atom is -0.288 e. The fourth-order valence-electron chi connectivity index (χ4n) is 2.07. The molecule has 2 aliphatic rings. The highest BCUT2D eigenvalue weighted by atomic mass is 32.1. The van der Waals surface area contributed by atoms with E-state index < -0.39 is 8.25 Å². The molecule has 1 aromatic rings. The first-order valence-electron chi connectivity index (χ1n) is 7.06. The average Bonchev–Trinajstić information content (AvgIpc) is 2.65. The van der Waals surface area contributed by atoms with Crippen LogP contribution in [0.4, 0.5) is 0 Å². The van der Waals surface area contributed by atoms with Crippen molar-refractivity contribution in [1.82, 2.24) is 0 Å². The van der Waals surface area contributed by atoms with E-state index in [1.165, 1.54) is 0 Å². The smallest absolute Gasteiger partial charge is 0.288 e. The molecule has 0 amide bonds. The third kappa shape index (κ3) is 5.05. The zero-order chi connectivity index (χ0) is 19.3. The Morgan fingerprint density at radius 3 is 1.70 bits per heavy atom. The molecule has 1 atom stereocenters. The van der Waals surface area contributed by atoms with E-state index in [2.05, 4.69) is 4.52 Å². The SMILES string of the molecule is CCO[P+](=O)O.N#Cc1sc2c(=O)c3ccccc3c(=O)c=2sc1C#N.[Al]. The Hall–Kier alpha value is -1.99. The van der Waals surface area contributed by atoms with Gasteiger partial charge in [-0.15, -0.1) is 32.1 Å². The summed E-state index contributed by atoms with van der Waals surface area (Å²) in [5.41, 5.74) is -0.533. The van der Waals surface area contributed by atoms with Crippen molar-refractivity contribution in [2.24, 2.45) is 0 Å². The van der Waals surface area contributed by atoms with E-state index in [4.69, 9.17) is 15.4 Å². The maximum atomic E-state index is 12.4. The Labute approximate surface area is 172 Å². The van der Waals surface area contributed by atoms with Gasteiger partial charge in [0.25, 0.3) is 0 Å². The molecule has 1 aromatic carbocycles. The van der Waals surface area contributed by atoms with Gasteiger partial charge in [0.05, 0.1) is 9.06 Å². The van der Waals surface area contributed by atoms with Crippen LogP contribution in [0.2, 0.25) is 0 Å². The summed E-state index contributed by atoms with van der Waals surface area (Å²) < 4.78 is 14.1. The van der Waals surface area contributed by atoms with E-state index >= 15 is 0 Å². The highest BCUT2D eigenvalue weighted by Gasteiger charge is 2.12. The highest BCUT2D eigenvalue weighted by Crippen LogP contribution is 2.20. The molecule has 1 heterocycles. The van der Waals surface area contributed by atoms with Crippen molar-refractivity contribution in [3.8, 4) is 12.1 Å². The minimum absolute atomic E-state index is 0. The van der Waals surface area contributed by atoms with Gasteiger partial charge in [0.2, 0.25) is 10.9 Å². The normalized spacial score (nSPS) is 10.1. The Morgan fingerprint density at radius 1 is 1.04 bits per heavy atom. The van der Waals surface area contributed by atoms with E-state index in [9.17, 15) is 14.2 Å². The molecular formula is C16H10AlN2O5PS2+. The lowest BCUT2D eigenvalue weighted by Crippen LogP contribution is -2.13. The molecule has 0 saturated heterocycles. The number of benzene rings is 1. The van der Waals surface area contributed by atoms with Gasteiger partial charge in [0, 0.05) is 32.7 Å². The summed E-state index contributed by atoms with van der Waals surface area (Å²) in [4.78, 5) is 33.0. The fourth-order valence-corrected chi connectivity index (χ4v) is 4.34. The van der Waals surface area contributed by atoms with Crippen LogP contribution in [0.1, 0.15) is 16.7 Å². The van der Waals surface area contributed by atoms with E-state index in [1.54, 1.807) is 31.2 Å². The summed E-state index contributed by atoms with van der Waals surface area (Å²) in [7, 11) is -2.35. The van der Waals surface area contributed by atoms with Crippen LogP contribution in [-0.4, -0.2) is 28.9 Å². The molecule has 3 radical (unpaired) electrons. The summed E-state index contributed by atoms with van der Waals surface area (Å²) >= 11 is 1.82. The van der Waals surface area contributed by atoms with Gasteiger partial charge in [-0.1, -0.05) is 24.3 Å². The van der Waals surface area contributed by atoms with Gasteiger partial charge in [-0.3, -0.25) is 9.59 Å². The van der Waals surface area contributed by atoms with Crippen molar-refractivity contribution in [3.05, 3.63) is 63.5 Å². The zero-order valence-corrected chi connectivity index (χ0v) is 17.5. The van der Waals surface area contributed by atoms with E-state index in [0.29, 0.717) is 17.4 Å². The largest absolute Gasteiger partial charge is 0.694 e. The molecule has 27 heavy (non-hydrogen) atoms. The number of rotatable bonds is 2. The van der Waals surface area contributed by atoms with Crippen molar-refractivity contribution in [1.29, 1.82) is 10.5 Å². The van der Waals surface area contributed by atoms with Gasteiger partial charge < -0.3 is 0 Å². The van der Waals surface area contributed by atoms with E-state index in [0.717, 1.165) is 22.7 Å². The number of nitriles is 2. The lowest BCUT2D eigenvalue weighted by Gasteiger charge is -1.98. The van der Waals surface area contributed by atoms with E-state index in [-0.39, 0.29) is 47.0 Å². The highest BCUT2D eigenvalue weighted by molar-refractivity contribution is 7.32. The number of hydrogen-bond donors (Lipinski definition) is 1.